The standard InChI is InChI=1S/C21H29N5O3/c1-14(2)18(24-21(28)22-13-16-7-5-4-6-8-16)20(27)26-11-9-17(10-12-26)19-23-15(3)25-29-19/h4-8,14,17-18H,9-13H2,1-3H3,(H2,22,24,28). The smallest absolute Gasteiger partial charge is 0.315 e. The molecule has 1 unspecified atom stereocenters. The number of nitrogens with zero attached hydrogens (tertiary/aromatic N) is 3. The SMILES string of the molecule is Cc1noc(C2CCN(C(=O)C(NC(=O)NCc3ccccc3)C(C)C)CC2)n1. The largest absolute Gasteiger partial charge is 0.341 e. The van der Waals surface area contributed by atoms with Gasteiger partial charge in [-0.2, -0.15) is 4.98 Å². The summed E-state index contributed by atoms with van der Waals surface area (Å²) in [5.41, 5.74) is 1.01. The molecule has 0 bridgehead atoms. The Labute approximate surface area is 171 Å². The molecule has 0 aliphatic carbocycles. The molecule has 0 saturated carbocycles. The van der Waals surface area contributed by atoms with E-state index in [0.717, 1.165) is 18.4 Å². The first kappa shape index (κ1) is 20.8. The molecule has 8 nitrogen and oxygen atoms in total. The number of likely N-dealkylation sites (tertiary alicyclic amines) is 1. The topological polar surface area (TPSA) is 100 Å². The number of aryl methyl sites for hydroxylation is 1. The van der Waals surface area contributed by atoms with E-state index in [0.29, 0.717) is 31.3 Å². The number of aromatic nitrogens is 2. The number of hydrogen-bond donors (Lipinski definition) is 2. The highest BCUT2D eigenvalue weighted by Crippen LogP contribution is 2.27. The molecule has 0 radical (unpaired) electrons. The third-order valence-corrected chi connectivity index (χ3v) is 5.21. The van der Waals surface area contributed by atoms with Crippen molar-refractivity contribution in [3.63, 3.8) is 0 Å². The van der Waals surface area contributed by atoms with Gasteiger partial charge in [-0.3, -0.25) is 4.79 Å². The summed E-state index contributed by atoms with van der Waals surface area (Å²) in [6, 6.07) is 8.77. The van der Waals surface area contributed by atoms with E-state index in [1.807, 2.05) is 49.1 Å². The summed E-state index contributed by atoms with van der Waals surface area (Å²) in [6.07, 6.45) is 1.55. The predicted molar refractivity (Wildman–Crippen MR) is 108 cm³/mol. The van der Waals surface area contributed by atoms with Crippen molar-refractivity contribution in [1.82, 2.24) is 25.7 Å². The normalized spacial score (nSPS) is 15.9. The molecule has 2 aromatic rings. The van der Waals surface area contributed by atoms with E-state index in [1.54, 1.807) is 6.92 Å². The summed E-state index contributed by atoms with van der Waals surface area (Å²) < 4.78 is 5.27. The van der Waals surface area contributed by atoms with Crippen molar-refractivity contribution >= 4 is 11.9 Å². The van der Waals surface area contributed by atoms with Crippen molar-refractivity contribution in [1.29, 1.82) is 0 Å². The number of carbonyl (C=O) groups is 2. The predicted octanol–water partition coefficient (Wildman–Crippen LogP) is 2.61. The number of rotatable bonds is 6. The molecular formula is C21H29N5O3. The Morgan fingerprint density at radius 1 is 1.21 bits per heavy atom. The maximum atomic E-state index is 13.0. The maximum absolute atomic E-state index is 13.0. The molecule has 1 aliphatic rings. The van der Waals surface area contributed by atoms with Crippen molar-refractivity contribution in [2.24, 2.45) is 5.92 Å². The lowest BCUT2D eigenvalue weighted by molar-refractivity contribution is -0.135. The van der Waals surface area contributed by atoms with Crippen LogP contribution in [-0.4, -0.2) is 46.1 Å². The Morgan fingerprint density at radius 2 is 1.90 bits per heavy atom. The summed E-state index contributed by atoms with van der Waals surface area (Å²) >= 11 is 0. The molecule has 2 N–H and O–H groups in total. The van der Waals surface area contributed by atoms with Crippen LogP contribution in [0.4, 0.5) is 4.79 Å². The fourth-order valence-corrected chi connectivity index (χ4v) is 3.51. The van der Waals surface area contributed by atoms with E-state index in [4.69, 9.17) is 4.52 Å². The van der Waals surface area contributed by atoms with Crippen LogP contribution in [0.3, 0.4) is 0 Å². The molecule has 2 heterocycles. The van der Waals surface area contributed by atoms with Gasteiger partial charge in [0.25, 0.3) is 0 Å². The van der Waals surface area contributed by atoms with Gasteiger partial charge in [0, 0.05) is 25.6 Å². The molecule has 1 aliphatic heterocycles. The quantitative estimate of drug-likeness (QED) is 0.778. The molecule has 1 atom stereocenters. The van der Waals surface area contributed by atoms with E-state index in [-0.39, 0.29) is 23.8 Å². The second kappa shape index (κ2) is 9.54. The van der Waals surface area contributed by atoms with Crippen molar-refractivity contribution in [3.05, 3.63) is 47.6 Å². The lowest BCUT2D eigenvalue weighted by Gasteiger charge is -2.34. The number of benzene rings is 1. The minimum atomic E-state index is -0.562. The highest BCUT2D eigenvalue weighted by molar-refractivity contribution is 5.87. The zero-order valence-corrected chi connectivity index (χ0v) is 17.2. The highest BCUT2D eigenvalue weighted by atomic mass is 16.5. The van der Waals surface area contributed by atoms with Crippen LogP contribution in [0.5, 0.6) is 0 Å². The molecule has 8 heteroatoms. The molecule has 3 rings (SSSR count). The van der Waals surface area contributed by atoms with Gasteiger partial charge in [0.05, 0.1) is 0 Å². The van der Waals surface area contributed by atoms with E-state index < -0.39 is 6.04 Å². The summed E-state index contributed by atoms with van der Waals surface area (Å²) in [5, 5.41) is 9.52. The van der Waals surface area contributed by atoms with Gasteiger partial charge in [-0.25, -0.2) is 4.79 Å². The van der Waals surface area contributed by atoms with Gasteiger partial charge in [-0.05, 0) is 31.2 Å². The van der Waals surface area contributed by atoms with E-state index in [9.17, 15) is 9.59 Å². The van der Waals surface area contributed by atoms with Crippen molar-refractivity contribution in [3.8, 4) is 0 Å². The number of hydrogen-bond acceptors (Lipinski definition) is 5. The average molecular weight is 399 g/mol. The van der Waals surface area contributed by atoms with Gasteiger partial charge >= 0.3 is 6.03 Å². The average Bonchev–Trinajstić information content (AvgIpc) is 3.17. The minimum absolute atomic E-state index is 0.0127. The first-order valence-electron chi connectivity index (χ1n) is 10.1. The lowest BCUT2D eigenvalue weighted by atomic mass is 9.95. The Kier molecular flexibility index (Phi) is 6.85. The van der Waals surface area contributed by atoms with Gasteiger partial charge < -0.3 is 20.1 Å². The number of amides is 3. The molecule has 0 spiro atoms. The van der Waals surface area contributed by atoms with E-state index >= 15 is 0 Å². The molecule has 1 saturated heterocycles. The lowest BCUT2D eigenvalue weighted by Crippen LogP contribution is -2.54. The molecule has 29 heavy (non-hydrogen) atoms. The molecular weight excluding hydrogens is 370 g/mol. The molecule has 1 fully saturated rings. The van der Waals surface area contributed by atoms with Crippen LogP contribution in [0, 0.1) is 12.8 Å². The van der Waals surface area contributed by atoms with Crippen LogP contribution in [0.1, 0.15) is 49.9 Å². The summed E-state index contributed by atoms with van der Waals surface area (Å²) in [7, 11) is 0. The monoisotopic (exact) mass is 399 g/mol. The zero-order valence-electron chi connectivity index (χ0n) is 17.2. The first-order valence-corrected chi connectivity index (χ1v) is 10.1. The number of carbonyl (C=O) groups excluding carboxylic acids is 2. The van der Waals surface area contributed by atoms with Crippen LogP contribution in [0.25, 0.3) is 0 Å². The first-order chi connectivity index (χ1) is 13.9. The Bertz CT molecular complexity index is 813. The fraction of sp³-hybridized carbons (Fsp3) is 0.524. The van der Waals surface area contributed by atoms with Gasteiger partial charge in [0.15, 0.2) is 5.82 Å². The molecule has 3 amide bonds. The Hall–Kier alpha value is -2.90. The third-order valence-electron chi connectivity index (χ3n) is 5.21. The number of piperidine rings is 1. The fourth-order valence-electron chi connectivity index (χ4n) is 3.51. The van der Waals surface area contributed by atoms with Crippen LogP contribution in [0.15, 0.2) is 34.9 Å². The van der Waals surface area contributed by atoms with E-state index in [1.165, 1.54) is 0 Å². The summed E-state index contributed by atoms with van der Waals surface area (Å²) in [4.78, 5) is 31.5. The maximum Gasteiger partial charge on any atom is 0.315 e. The van der Waals surface area contributed by atoms with E-state index in [2.05, 4.69) is 20.8 Å². The summed E-state index contributed by atoms with van der Waals surface area (Å²) in [5.74, 6) is 1.40. The molecule has 1 aromatic heterocycles. The Balaban J connectivity index is 1.52. The van der Waals surface area contributed by atoms with Crippen LogP contribution in [0.2, 0.25) is 0 Å². The minimum Gasteiger partial charge on any atom is -0.341 e. The second-order valence-corrected chi connectivity index (χ2v) is 7.81. The van der Waals surface area contributed by atoms with Crippen molar-refractivity contribution in [2.75, 3.05) is 13.1 Å². The Morgan fingerprint density at radius 3 is 2.48 bits per heavy atom. The molecule has 1 aromatic carbocycles. The van der Waals surface area contributed by atoms with Gasteiger partial charge in [0.1, 0.15) is 6.04 Å². The molecule has 156 valence electrons. The number of urea groups is 1. The van der Waals surface area contributed by atoms with Gasteiger partial charge in [-0.15, -0.1) is 0 Å². The van der Waals surface area contributed by atoms with Crippen LogP contribution >= 0.6 is 0 Å². The summed E-state index contributed by atoms with van der Waals surface area (Å²) in [6.45, 7) is 7.32. The van der Waals surface area contributed by atoms with Gasteiger partial charge in [0.2, 0.25) is 11.8 Å². The van der Waals surface area contributed by atoms with Crippen LogP contribution < -0.4 is 10.6 Å². The van der Waals surface area contributed by atoms with Crippen LogP contribution in [-0.2, 0) is 11.3 Å². The second-order valence-electron chi connectivity index (χ2n) is 7.81. The zero-order chi connectivity index (χ0) is 20.8. The van der Waals surface area contributed by atoms with Gasteiger partial charge in [-0.1, -0.05) is 49.3 Å². The third kappa shape index (κ3) is 5.56. The number of nitrogens with one attached hydrogen (secondary N) is 2. The van der Waals surface area contributed by atoms with Crippen molar-refractivity contribution in [2.45, 2.75) is 52.1 Å². The van der Waals surface area contributed by atoms with Crippen molar-refractivity contribution < 1.29 is 14.1 Å². The highest BCUT2D eigenvalue weighted by Gasteiger charge is 2.32.